The van der Waals surface area contributed by atoms with Crippen molar-refractivity contribution in [3.05, 3.63) is 28.6 Å². The summed E-state index contributed by atoms with van der Waals surface area (Å²) in [6.45, 7) is 22.4. The average Bonchev–Trinajstić information content (AvgIpc) is 3.24. The molecule has 0 aromatic carbocycles. The van der Waals surface area contributed by atoms with Crippen molar-refractivity contribution in [3.8, 4) is 0 Å². The van der Waals surface area contributed by atoms with E-state index in [4.69, 9.17) is 16.8 Å². The predicted octanol–water partition coefficient (Wildman–Crippen LogP) is 5.70. The van der Waals surface area contributed by atoms with Gasteiger partial charge in [-0.15, -0.1) is 10.2 Å². The molecule has 0 aliphatic carbocycles. The van der Waals surface area contributed by atoms with Crippen molar-refractivity contribution in [1.82, 2.24) is 23.8 Å². The Bertz CT molecular complexity index is 1050. The van der Waals surface area contributed by atoms with Gasteiger partial charge in [-0.3, -0.25) is 0 Å². The Morgan fingerprint density at radius 2 is 1.93 bits per heavy atom. The van der Waals surface area contributed by atoms with Gasteiger partial charge in [-0.05, 0) is 25.4 Å². The van der Waals surface area contributed by atoms with Gasteiger partial charge < -0.3 is 0 Å². The fourth-order valence-electron chi connectivity index (χ4n) is 2.83. The van der Waals surface area contributed by atoms with Crippen molar-refractivity contribution in [3.63, 3.8) is 0 Å². The standard InChI is InChI=1S/C18H24N8S/c1-9-25-17-13(20-21-16-12(19-8)11(4)24-27-16)14(18(5,6)7)22-26(17)15(23-25)10(2)3/h10H,9H2,1-7H3. The van der Waals surface area contributed by atoms with E-state index in [9.17, 15) is 0 Å². The van der Waals surface area contributed by atoms with Gasteiger partial charge in [-0.1, -0.05) is 34.6 Å². The second-order valence-electron chi connectivity index (χ2n) is 7.74. The molecule has 0 unspecified atom stereocenters. The van der Waals surface area contributed by atoms with Crippen LogP contribution in [0, 0.1) is 13.5 Å². The van der Waals surface area contributed by atoms with Crippen LogP contribution in [0.1, 0.15) is 64.7 Å². The summed E-state index contributed by atoms with van der Waals surface area (Å²) in [6, 6.07) is 0. The van der Waals surface area contributed by atoms with Crippen LogP contribution in [-0.4, -0.2) is 23.8 Å². The van der Waals surface area contributed by atoms with Crippen molar-refractivity contribution in [2.24, 2.45) is 10.2 Å². The maximum absolute atomic E-state index is 7.34. The lowest BCUT2D eigenvalue weighted by atomic mass is 9.91. The molecule has 3 aromatic rings. The van der Waals surface area contributed by atoms with Crippen LogP contribution in [0.3, 0.4) is 0 Å². The predicted molar refractivity (Wildman–Crippen MR) is 107 cm³/mol. The van der Waals surface area contributed by atoms with E-state index in [0.717, 1.165) is 17.2 Å². The molecular formula is C18H24N8S. The largest absolute Gasteiger partial charge is 0.247 e. The van der Waals surface area contributed by atoms with Crippen LogP contribution >= 0.6 is 11.5 Å². The maximum Gasteiger partial charge on any atom is 0.247 e. The van der Waals surface area contributed by atoms with Crippen LogP contribution < -0.4 is 0 Å². The number of nitrogens with zero attached hydrogens (tertiary/aromatic N) is 8. The molecule has 0 saturated heterocycles. The Labute approximate surface area is 162 Å². The molecule has 3 aromatic heterocycles. The van der Waals surface area contributed by atoms with Gasteiger partial charge in [0.15, 0.2) is 22.2 Å². The van der Waals surface area contributed by atoms with E-state index in [1.165, 1.54) is 11.5 Å². The Morgan fingerprint density at radius 3 is 2.48 bits per heavy atom. The second kappa shape index (κ2) is 6.85. The summed E-state index contributed by atoms with van der Waals surface area (Å²) < 4.78 is 8.02. The number of aromatic nitrogens is 5. The lowest BCUT2D eigenvalue weighted by molar-refractivity contribution is 0.557. The molecule has 0 saturated carbocycles. The van der Waals surface area contributed by atoms with Gasteiger partial charge in [0.25, 0.3) is 0 Å². The van der Waals surface area contributed by atoms with Gasteiger partial charge >= 0.3 is 0 Å². The number of hydrogen-bond donors (Lipinski definition) is 0. The van der Waals surface area contributed by atoms with E-state index < -0.39 is 0 Å². The molecule has 0 radical (unpaired) electrons. The van der Waals surface area contributed by atoms with E-state index in [1.54, 1.807) is 0 Å². The zero-order valence-corrected chi connectivity index (χ0v) is 17.6. The minimum absolute atomic E-state index is 0.209. The minimum atomic E-state index is -0.209. The first kappa shape index (κ1) is 19.2. The van der Waals surface area contributed by atoms with Crippen LogP contribution in [0.2, 0.25) is 0 Å². The molecular weight excluding hydrogens is 360 g/mol. The zero-order valence-electron chi connectivity index (χ0n) is 16.8. The number of hydrogen-bond acceptors (Lipinski definition) is 6. The summed E-state index contributed by atoms with van der Waals surface area (Å²) in [5, 5.41) is 19.0. The van der Waals surface area contributed by atoms with Gasteiger partial charge in [0.05, 0.1) is 18.0 Å². The van der Waals surface area contributed by atoms with Crippen molar-refractivity contribution < 1.29 is 0 Å². The molecule has 0 atom stereocenters. The van der Waals surface area contributed by atoms with E-state index in [1.807, 2.05) is 23.0 Å². The molecule has 0 bridgehead atoms. The smallest absolute Gasteiger partial charge is 0.244 e. The topological polar surface area (TPSA) is 77.1 Å². The summed E-state index contributed by atoms with van der Waals surface area (Å²) in [7, 11) is 0. The van der Waals surface area contributed by atoms with Crippen LogP contribution in [0.5, 0.6) is 0 Å². The van der Waals surface area contributed by atoms with E-state index >= 15 is 0 Å². The van der Waals surface area contributed by atoms with Gasteiger partial charge in [-0.25, -0.2) is 13.9 Å². The maximum atomic E-state index is 7.34. The molecule has 0 spiro atoms. The molecule has 0 fully saturated rings. The van der Waals surface area contributed by atoms with Gasteiger partial charge in [0, 0.05) is 17.9 Å². The molecule has 9 heteroatoms. The quantitative estimate of drug-likeness (QED) is 0.427. The van der Waals surface area contributed by atoms with Gasteiger partial charge in [-0.2, -0.15) is 14.7 Å². The zero-order chi connectivity index (χ0) is 19.9. The third-order valence-corrected chi connectivity index (χ3v) is 5.03. The summed E-state index contributed by atoms with van der Waals surface area (Å²) in [6.07, 6.45) is 0. The Balaban J connectivity index is 2.26. The molecule has 0 N–H and O–H groups in total. The summed E-state index contributed by atoms with van der Waals surface area (Å²) in [5.41, 5.74) is 3.32. The van der Waals surface area contributed by atoms with Crippen LogP contribution in [0.15, 0.2) is 10.2 Å². The summed E-state index contributed by atoms with van der Waals surface area (Å²) >= 11 is 1.19. The van der Waals surface area contributed by atoms with E-state index in [0.29, 0.717) is 28.6 Å². The first-order chi connectivity index (χ1) is 12.7. The normalized spacial score (nSPS) is 12.6. The van der Waals surface area contributed by atoms with Crippen molar-refractivity contribution >= 4 is 33.6 Å². The SMILES string of the molecule is [C-]#[N+]c1c(C)nsc1N=Nc1c(C(C)(C)C)nn2c(C(C)C)nn(CC)c12. The Hall–Kier alpha value is -2.60. The van der Waals surface area contributed by atoms with Crippen molar-refractivity contribution in [2.75, 3.05) is 0 Å². The monoisotopic (exact) mass is 384 g/mol. The molecule has 3 heterocycles. The minimum Gasteiger partial charge on any atom is -0.244 e. The van der Waals surface area contributed by atoms with Gasteiger partial charge in [0.2, 0.25) is 5.69 Å². The van der Waals surface area contributed by atoms with Crippen molar-refractivity contribution in [2.45, 2.75) is 66.3 Å². The fourth-order valence-corrected chi connectivity index (χ4v) is 3.49. The molecule has 0 aliphatic rings. The molecule has 3 rings (SSSR count). The summed E-state index contributed by atoms with van der Waals surface area (Å²) in [4.78, 5) is 3.53. The average molecular weight is 385 g/mol. The lowest BCUT2D eigenvalue weighted by Gasteiger charge is -2.15. The Kier molecular flexibility index (Phi) is 4.86. The fraction of sp³-hybridized carbons (Fsp3) is 0.556. The first-order valence-electron chi connectivity index (χ1n) is 8.94. The number of fused-ring (bicyclic) bond motifs is 1. The third kappa shape index (κ3) is 3.25. The highest BCUT2D eigenvalue weighted by Crippen LogP contribution is 2.40. The Morgan fingerprint density at radius 1 is 1.22 bits per heavy atom. The third-order valence-electron chi connectivity index (χ3n) is 4.21. The molecule has 27 heavy (non-hydrogen) atoms. The molecule has 142 valence electrons. The van der Waals surface area contributed by atoms with Crippen LogP contribution in [0.25, 0.3) is 10.5 Å². The highest BCUT2D eigenvalue weighted by molar-refractivity contribution is 7.10. The van der Waals surface area contributed by atoms with Crippen LogP contribution in [0.4, 0.5) is 16.4 Å². The van der Waals surface area contributed by atoms with Crippen molar-refractivity contribution in [1.29, 1.82) is 0 Å². The number of rotatable bonds is 4. The second-order valence-corrected chi connectivity index (χ2v) is 8.50. The van der Waals surface area contributed by atoms with E-state index in [-0.39, 0.29) is 11.3 Å². The number of azo groups is 1. The molecule has 0 aliphatic heterocycles. The highest BCUT2D eigenvalue weighted by Gasteiger charge is 2.29. The van der Waals surface area contributed by atoms with Crippen LogP contribution in [-0.2, 0) is 12.0 Å². The highest BCUT2D eigenvalue weighted by atomic mass is 32.1. The lowest BCUT2D eigenvalue weighted by Crippen LogP contribution is -2.13. The van der Waals surface area contributed by atoms with Gasteiger partial charge in [0.1, 0.15) is 0 Å². The number of aryl methyl sites for hydroxylation is 2. The van der Waals surface area contributed by atoms with E-state index in [2.05, 4.69) is 54.1 Å². The molecule has 0 amide bonds. The molecule has 8 nitrogen and oxygen atoms in total. The summed E-state index contributed by atoms with van der Waals surface area (Å²) in [5.74, 6) is 1.13. The first-order valence-corrected chi connectivity index (χ1v) is 9.71.